The van der Waals surface area contributed by atoms with Gasteiger partial charge in [0.1, 0.15) is 5.75 Å². The van der Waals surface area contributed by atoms with Gasteiger partial charge in [0, 0.05) is 0 Å². The third-order valence-corrected chi connectivity index (χ3v) is 3.01. The maximum Gasteiger partial charge on any atom is 0.118 e. The monoisotopic (exact) mass is 238 g/mol. The fourth-order valence-electron chi connectivity index (χ4n) is 1.85. The van der Waals surface area contributed by atoms with Gasteiger partial charge >= 0.3 is 0 Å². The zero-order valence-corrected chi connectivity index (χ0v) is 11.1. The summed E-state index contributed by atoms with van der Waals surface area (Å²) in [7, 11) is 1.68. The number of benzene rings is 2. The predicted molar refractivity (Wildman–Crippen MR) is 77.7 cm³/mol. The number of aryl methyl sites for hydroxylation is 1. The molecule has 92 valence electrons. The van der Waals surface area contributed by atoms with Crippen molar-refractivity contribution in [3.63, 3.8) is 0 Å². The van der Waals surface area contributed by atoms with Crippen molar-refractivity contribution in [2.75, 3.05) is 7.11 Å². The molecule has 0 aliphatic carbocycles. The summed E-state index contributed by atoms with van der Waals surface area (Å²) in [5, 5.41) is 0. The quantitative estimate of drug-likeness (QED) is 0.712. The maximum absolute atomic E-state index is 5.16. The molecule has 0 saturated heterocycles. The Hall–Kier alpha value is -2.02. The largest absolute Gasteiger partial charge is 0.497 e. The average Bonchev–Trinajstić information content (AvgIpc) is 2.41. The molecule has 0 atom stereocenters. The van der Waals surface area contributed by atoms with Gasteiger partial charge in [-0.2, -0.15) is 0 Å². The first-order valence-electron chi connectivity index (χ1n) is 6.08. The highest BCUT2D eigenvalue weighted by molar-refractivity contribution is 5.80. The van der Waals surface area contributed by atoms with Crippen LogP contribution >= 0.6 is 0 Å². The first-order chi connectivity index (χ1) is 8.69. The van der Waals surface area contributed by atoms with Crippen molar-refractivity contribution in [1.29, 1.82) is 0 Å². The lowest BCUT2D eigenvalue weighted by atomic mass is 10.0. The van der Waals surface area contributed by atoms with Crippen LogP contribution in [0.5, 0.6) is 5.75 Å². The van der Waals surface area contributed by atoms with Crippen LogP contribution in [0.15, 0.2) is 48.5 Å². The molecule has 2 aromatic rings. The lowest BCUT2D eigenvalue weighted by molar-refractivity contribution is 0.415. The molecular weight excluding hydrogens is 220 g/mol. The predicted octanol–water partition coefficient (Wildman–Crippen LogP) is 4.56. The highest BCUT2D eigenvalue weighted by Crippen LogP contribution is 2.20. The smallest absolute Gasteiger partial charge is 0.118 e. The van der Waals surface area contributed by atoms with Crippen LogP contribution in [-0.4, -0.2) is 7.11 Å². The lowest BCUT2D eigenvalue weighted by Gasteiger charge is -2.04. The molecule has 18 heavy (non-hydrogen) atoms. The molecule has 0 aromatic heterocycles. The SMILES string of the molecule is COc1ccc(/C(C)=C/c2ccc(C)cc2)cc1. The molecule has 0 saturated carbocycles. The van der Waals surface area contributed by atoms with Crippen LogP contribution in [0.25, 0.3) is 11.6 Å². The van der Waals surface area contributed by atoms with E-state index in [2.05, 4.69) is 56.3 Å². The van der Waals surface area contributed by atoms with Gasteiger partial charge in [-0.3, -0.25) is 0 Å². The van der Waals surface area contributed by atoms with Crippen LogP contribution in [0.3, 0.4) is 0 Å². The molecule has 0 unspecified atom stereocenters. The summed E-state index contributed by atoms with van der Waals surface area (Å²) in [5.74, 6) is 0.891. The summed E-state index contributed by atoms with van der Waals surface area (Å²) in [6, 6.07) is 16.7. The second-order valence-electron chi connectivity index (χ2n) is 4.47. The van der Waals surface area contributed by atoms with Crippen molar-refractivity contribution in [1.82, 2.24) is 0 Å². The zero-order chi connectivity index (χ0) is 13.0. The Labute approximate surface area is 109 Å². The Bertz CT molecular complexity index is 533. The van der Waals surface area contributed by atoms with Crippen LogP contribution < -0.4 is 4.74 Å². The average molecular weight is 238 g/mol. The van der Waals surface area contributed by atoms with Crippen LogP contribution in [0.1, 0.15) is 23.6 Å². The van der Waals surface area contributed by atoms with Gasteiger partial charge in [0.2, 0.25) is 0 Å². The molecule has 2 rings (SSSR count). The Balaban J connectivity index is 2.23. The second kappa shape index (κ2) is 5.54. The molecule has 0 bridgehead atoms. The normalized spacial score (nSPS) is 11.4. The second-order valence-corrected chi connectivity index (χ2v) is 4.47. The van der Waals surface area contributed by atoms with E-state index in [1.54, 1.807) is 7.11 Å². The lowest BCUT2D eigenvalue weighted by Crippen LogP contribution is -1.84. The number of hydrogen-bond donors (Lipinski definition) is 0. The van der Waals surface area contributed by atoms with Crippen LogP contribution in [0.2, 0.25) is 0 Å². The number of allylic oxidation sites excluding steroid dienone is 1. The van der Waals surface area contributed by atoms with Crippen LogP contribution in [-0.2, 0) is 0 Å². The molecule has 0 fully saturated rings. The van der Waals surface area contributed by atoms with Crippen molar-refractivity contribution in [3.8, 4) is 5.75 Å². The molecule has 1 heteroatoms. The van der Waals surface area contributed by atoms with Gasteiger partial charge in [0.25, 0.3) is 0 Å². The summed E-state index contributed by atoms with van der Waals surface area (Å²) in [6.45, 7) is 4.23. The van der Waals surface area contributed by atoms with E-state index in [1.165, 1.54) is 22.3 Å². The molecule has 0 aliphatic heterocycles. The van der Waals surface area contributed by atoms with Crippen LogP contribution in [0, 0.1) is 6.92 Å². The first kappa shape index (κ1) is 12.4. The molecule has 2 aromatic carbocycles. The minimum atomic E-state index is 0.891. The summed E-state index contributed by atoms with van der Waals surface area (Å²) < 4.78 is 5.16. The number of rotatable bonds is 3. The van der Waals surface area contributed by atoms with Gasteiger partial charge < -0.3 is 4.74 Å². The standard InChI is InChI=1S/C17H18O/c1-13-4-6-15(7-5-13)12-14(2)16-8-10-17(18-3)11-9-16/h4-12H,1-3H3/b14-12+. The van der Waals surface area contributed by atoms with E-state index >= 15 is 0 Å². The Kier molecular flexibility index (Phi) is 3.83. The molecule has 0 heterocycles. The van der Waals surface area contributed by atoms with Gasteiger partial charge in [-0.25, -0.2) is 0 Å². The van der Waals surface area contributed by atoms with Gasteiger partial charge in [-0.15, -0.1) is 0 Å². The third-order valence-electron chi connectivity index (χ3n) is 3.01. The third kappa shape index (κ3) is 3.01. The minimum Gasteiger partial charge on any atom is -0.497 e. The summed E-state index contributed by atoms with van der Waals surface area (Å²) >= 11 is 0. The minimum absolute atomic E-state index is 0.891. The fraction of sp³-hybridized carbons (Fsp3) is 0.176. The van der Waals surface area contributed by atoms with Crippen molar-refractivity contribution in [2.45, 2.75) is 13.8 Å². The van der Waals surface area contributed by atoms with E-state index < -0.39 is 0 Å². The number of methoxy groups -OCH3 is 1. The van der Waals surface area contributed by atoms with E-state index in [-0.39, 0.29) is 0 Å². The summed E-state index contributed by atoms with van der Waals surface area (Å²) in [6.07, 6.45) is 2.20. The van der Waals surface area contributed by atoms with Gasteiger partial charge in [0.05, 0.1) is 7.11 Å². The maximum atomic E-state index is 5.16. The first-order valence-corrected chi connectivity index (χ1v) is 6.08. The molecule has 0 N–H and O–H groups in total. The van der Waals surface area contributed by atoms with E-state index in [0.29, 0.717) is 0 Å². The Morgan fingerprint density at radius 1 is 0.944 bits per heavy atom. The Morgan fingerprint density at radius 2 is 1.56 bits per heavy atom. The highest BCUT2D eigenvalue weighted by Gasteiger charge is 1.97. The van der Waals surface area contributed by atoms with Crippen molar-refractivity contribution in [3.05, 3.63) is 65.2 Å². The van der Waals surface area contributed by atoms with Crippen molar-refractivity contribution in [2.24, 2.45) is 0 Å². The number of ether oxygens (including phenoxy) is 1. The van der Waals surface area contributed by atoms with E-state index in [1.807, 2.05) is 12.1 Å². The van der Waals surface area contributed by atoms with Crippen molar-refractivity contribution < 1.29 is 4.74 Å². The molecular formula is C17H18O. The molecule has 0 radical (unpaired) electrons. The summed E-state index contributed by atoms with van der Waals surface area (Å²) in [4.78, 5) is 0. The number of hydrogen-bond acceptors (Lipinski definition) is 1. The van der Waals surface area contributed by atoms with Crippen LogP contribution in [0.4, 0.5) is 0 Å². The fourth-order valence-corrected chi connectivity index (χ4v) is 1.85. The van der Waals surface area contributed by atoms with E-state index in [4.69, 9.17) is 4.74 Å². The Morgan fingerprint density at radius 3 is 2.11 bits per heavy atom. The topological polar surface area (TPSA) is 9.23 Å². The van der Waals surface area contributed by atoms with E-state index in [9.17, 15) is 0 Å². The van der Waals surface area contributed by atoms with E-state index in [0.717, 1.165) is 5.75 Å². The highest BCUT2D eigenvalue weighted by atomic mass is 16.5. The van der Waals surface area contributed by atoms with Gasteiger partial charge in [-0.05, 0) is 42.7 Å². The summed E-state index contributed by atoms with van der Waals surface area (Å²) in [5.41, 5.74) is 4.99. The van der Waals surface area contributed by atoms with Crippen molar-refractivity contribution >= 4 is 11.6 Å². The molecule has 0 spiro atoms. The molecule has 0 aliphatic rings. The zero-order valence-electron chi connectivity index (χ0n) is 11.1. The van der Waals surface area contributed by atoms with Gasteiger partial charge in [-0.1, -0.05) is 48.0 Å². The van der Waals surface area contributed by atoms with Gasteiger partial charge in [0.15, 0.2) is 0 Å². The molecule has 1 nitrogen and oxygen atoms in total. The molecule has 0 amide bonds.